The van der Waals surface area contributed by atoms with Crippen LogP contribution < -0.4 is 4.74 Å². The Labute approximate surface area is 102 Å². The van der Waals surface area contributed by atoms with Crippen molar-refractivity contribution in [2.24, 2.45) is 0 Å². The quantitative estimate of drug-likeness (QED) is 0.792. The summed E-state index contributed by atoms with van der Waals surface area (Å²) < 4.78 is 5.19. The largest absolute Gasteiger partial charge is 0.496 e. The number of aliphatic hydroxyl groups is 1. The minimum Gasteiger partial charge on any atom is -0.496 e. The second-order valence-corrected chi connectivity index (χ2v) is 3.42. The van der Waals surface area contributed by atoms with Crippen LogP contribution in [-0.4, -0.2) is 17.2 Å². The van der Waals surface area contributed by atoms with Gasteiger partial charge < -0.3 is 9.84 Å². The summed E-state index contributed by atoms with van der Waals surface area (Å²) in [4.78, 5) is 3.99. The van der Waals surface area contributed by atoms with E-state index in [0.717, 1.165) is 0 Å². The number of methoxy groups -OCH3 is 1. The maximum absolute atomic E-state index is 10.2. The summed E-state index contributed by atoms with van der Waals surface area (Å²) in [5.41, 5.74) is 1.33. The highest BCUT2D eigenvalue weighted by Crippen LogP contribution is 2.29. The lowest BCUT2D eigenvalue weighted by atomic mass is 10.0. The molecule has 0 radical (unpaired) electrons. The first kappa shape index (κ1) is 13.2. The average molecular weight is 231 g/mol. The molecule has 0 aliphatic rings. The zero-order chi connectivity index (χ0) is 12.7. The van der Waals surface area contributed by atoms with Gasteiger partial charge >= 0.3 is 0 Å². The number of aliphatic hydroxyl groups excluding tert-OH is 1. The topological polar surface area (TPSA) is 42.4 Å². The summed E-state index contributed by atoms with van der Waals surface area (Å²) in [7, 11) is 1.56. The summed E-state index contributed by atoms with van der Waals surface area (Å²) in [6, 6.07) is 1.72. The molecule has 0 amide bonds. The summed E-state index contributed by atoms with van der Waals surface area (Å²) in [6.07, 6.45) is 9.60. The molecule has 0 saturated carbocycles. The lowest BCUT2D eigenvalue weighted by Crippen LogP contribution is -2.03. The fourth-order valence-corrected chi connectivity index (χ4v) is 1.44. The molecule has 1 N–H and O–H groups in total. The number of ether oxygens (including phenoxy) is 1. The number of pyridine rings is 1. The van der Waals surface area contributed by atoms with Crippen LogP contribution in [0.2, 0.25) is 0 Å². The molecule has 0 fully saturated rings. The standard InChI is InChI=1S/C14H17NO2/c1-4-6-7-11(5-2)14(16)12-10-15-9-8-13(12)17-3/h4-10,14,16H,2H2,1,3H3/b6-4-,11-7+. The Balaban J connectivity index is 3.09. The SMILES string of the molecule is C=C/C(=C\C=C/C)C(O)c1cnccc1OC. The van der Waals surface area contributed by atoms with E-state index in [0.29, 0.717) is 16.9 Å². The van der Waals surface area contributed by atoms with Crippen molar-refractivity contribution in [3.63, 3.8) is 0 Å². The molecule has 1 atom stereocenters. The van der Waals surface area contributed by atoms with E-state index in [1.165, 1.54) is 0 Å². The van der Waals surface area contributed by atoms with E-state index < -0.39 is 6.10 Å². The molecule has 1 unspecified atom stereocenters. The molecular weight excluding hydrogens is 214 g/mol. The molecule has 3 heteroatoms. The third-order valence-corrected chi connectivity index (χ3v) is 2.36. The first-order chi connectivity index (χ1) is 8.24. The van der Waals surface area contributed by atoms with Crippen LogP contribution in [0.15, 0.2) is 54.9 Å². The van der Waals surface area contributed by atoms with Gasteiger partial charge in [0, 0.05) is 18.0 Å². The van der Waals surface area contributed by atoms with Crippen molar-refractivity contribution in [3.05, 3.63) is 60.5 Å². The highest BCUT2D eigenvalue weighted by molar-refractivity contribution is 5.40. The van der Waals surface area contributed by atoms with E-state index in [2.05, 4.69) is 11.6 Å². The Bertz CT molecular complexity index is 436. The third kappa shape index (κ3) is 3.29. The van der Waals surface area contributed by atoms with Crippen LogP contribution in [-0.2, 0) is 0 Å². The van der Waals surface area contributed by atoms with E-state index in [4.69, 9.17) is 4.74 Å². The van der Waals surface area contributed by atoms with Gasteiger partial charge in [-0.25, -0.2) is 0 Å². The second kappa shape index (κ2) is 6.66. The van der Waals surface area contributed by atoms with Gasteiger partial charge in [0.05, 0.1) is 7.11 Å². The normalized spacial score (nSPS) is 13.7. The van der Waals surface area contributed by atoms with Gasteiger partial charge in [0.15, 0.2) is 0 Å². The molecule has 0 aromatic carbocycles. The fourth-order valence-electron chi connectivity index (χ4n) is 1.44. The second-order valence-electron chi connectivity index (χ2n) is 3.42. The van der Waals surface area contributed by atoms with Gasteiger partial charge in [-0.1, -0.05) is 30.9 Å². The van der Waals surface area contributed by atoms with E-state index in [1.807, 2.05) is 25.2 Å². The van der Waals surface area contributed by atoms with Crippen LogP contribution in [0.5, 0.6) is 5.75 Å². The molecule has 1 rings (SSSR count). The Morgan fingerprint density at radius 1 is 1.59 bits per heavy atom. The predicted octanol–water partition coefficient (Wildman–Crippen LogP) is 2.81. The van der Waals surface area contributed by atoms with E-state index in [1.54, 1.807) is 31.6 Å². The van der Waals surface area contributed by atoms with Crippen molar-refractivity contribution >= 4 is 0 Å². The highest BCUT2D eigenvalue weighted by atomic mass is 16.5. The molecule has 0 saturated heterocycles. The molecule has 1 aromatic rings. The van der Waals surface area contributed by atoms with Crippen LogP contribution in [0, 0.1) is 0 Å². The van der Waals surface area contributed by atoms with Gasteiger partial charge in [-0.2, -0.15) is 0 Å². The number of hydrogen-bond donors (Lipinski definition) is 1. The Hall–Kier alpha value is -1.87. The van der Waals surface area contributed by atoms with Crippen molar-refractivity contribution in [1.82, 2.24) is 4.98 Å². The molecule has 1 heterocycles. The Morgan fingerprint density at radius 3 is 2.94 bits per heavy atom. The zero-order valence-electron chi connectivity index (χ0n) is 10.1. The fraction of sp³-hybridized carbons (Fsp3) is 0.214. The molecule has 3 nitrogen and oxygen atoms in total. The number of allylic oxidation sites excluding steroid dienone is 3. The Morgan fingerprint density at radius 2 is 2.35 bits per heavy atom. The minimum absolute atomic E-state index is 0.612. The molecule has 0 bridgehead atoms. The van der Waals surface area contributed by atoms with Crippen LogP contribution in [0.1, 0.15) is 18.6 Å². The molecular formula is C14H17NO2. The molecule has 17 heavy (non-hydrogen) atoms. The summed E-state index contributed by atoms with van der Waals surface area (Å²) in [5.74, 6) is 0.612. The smallest absolute Gasteiger partial charge is 0.128 e. The van der Waals surface area contributed by atoms with Crippen LogP contribution >= 0.6 is 0 Å². The van der Waals surface area contributed by atoms with E-state index in [9.17, 15) is 5.11 Å². The molecule has 0 spiro atoms. The molecule has 0 aliphatic heterocycles. The monoisotopic (exact) mass is 231 g/mol. The molecule has 0 aliphatic carbocycles. The van der Waals surface area contributed by atoms with Gasteiger partial charge in [-0.05, 0) is 18.6 Å². The van der Waals surface area contributed by atoms with Crippen molar-refractivity contribution in [3.8, 4) is 5.75 Å². The van der Waals surface area contributed by atoms with Gasteiger partial charge in [-0.15, -0.1) is 0 Å². The van der Waals surface area contributed by atoms with Gasteiger partial charge in [0.2, 0.25) is 0 Å². The maximum atomic E-state index is 10.2. The van der Waals surface area contributed by atoms with Crippen LogP contribution in [0.4, 0.5) is 0 Å². The minimum atomic E-state index is -0.785. The summed E-state index contributed by atoms with van der Waals surface area (Å²) in [5, 5.41) is 10.2. The number of nitrogens with zero attached hydrogens (tertiary/aromatic N) is 1. The zero-order valence-corrected chi connectivity index (χ0v) is 10.1. The summed E-state index contributed by atoms with van der Waals surface area (Å²) >= 11 is 0. The van der Waals surface area contributed by atoms with Gasteiger partial charge in [0.25, 0.3) is 0 Å². The lowest BCUT2D eigenvalue weighted by molar-refractivity contribution is 0.213. The maximum Gasteiger partial charge on any atom is 0.128 e. The van der Waals surface area contributed by atoms with Gasteiger partial charge in [0.1, 0.15) is 11.9 Å². The molecule has 1 aromatic heterocycles. The first-order valence-corrected chi connectivity index (χ1v) is 5.35. The number of rotatable bonds is 5. The van der Waals surface area contributed by atoms with Crippen molar-refractivity contribution in [2.75, 3.05) is 7.11 Å². The highest BCUT2D eigenvalue weighted by Gasteiger charge is 2.15. The average Bonchev–Trinajstić information content (AvgIpc) is 2.39. The van der Waals surface area contributed by atoms with E-state index in [-0.39, 0.29) is 0 Å². The van der Waals surface area contributed by atoms with Crippen molar-refractivity contribution in [2.45, 2.75) is 13.0 Å². The number of aromatic nitrogens is 1. The van der Waals surface area contributed by atoms with Crippen LogP contribution in [0.3, 0.4) is 0 Å². The van der Waals surface area contributed by atoms with Gasteiger partial charge in [-0.3, -0.25) is 4.98 Å². The van der Waals surface area contributed by atoms with Crippen molar-refractivity contribution in [1.29, 1.82) is 0 Å². The van der Waals surface area contributed by atoms with Crippen molar-refractivity contribution < 1.29 is 9.84 Å². The lowest BCUT2D eigenvalue weighted by Gasteiger charge is -2.14. The van der Waals surface area contributed by atoms with E-state index >= 15 is 0 Å². The Kier molecular flexibility index (Phi) is 5.17. The first-order valence-electron chi connectivity index (χ1n) is 5.35. The molecule has 90 valence electrons. The number of hydrogen-bond acceptors (Lipinski definition) is 3. The third-order valence-electron chi connectivity index (χ3n) is 2.36. The summed E-state index contributed by atoms with van der Waals surface area (Å²) in [6.45, 7) is 5.60. The van der Waals surface area contributed by atoms with Crippen LogP contribution in [0.25, 0.3) is 0 Å². The predicted molar refractivity (Wildman–Crippen MR) is 68.8 cm³/mol.